The molecule has 13 heteroatoms. The second-order valence-corrected chi connectivity index (χ2v) is 11.5. The lowest BCUT2D eigenvalue weighted by Crippen LogP contribution is -2.14. The second kappa shape index (κ2) is 9.35. The Hall–Kier alpha value is -3.97. The van der Waals surface area contributed by atoms with Crippen LogP contribution >= 0.6 is 0 Å². The Bertz CT molecular complexity index is 1670. The number of nitrogens with one attached hydrogen (secondary N) is 4. The molecule has 0 unspecified atom stereocenters. The van der Waals surface area contributed by atoms with Crippen molar-refractivity contribution in [2.75, 3.05) is 27.9 Å². The highest BCUT2D eigenvalue weighted by atomic mass is 32.2. The molecule has 0 amide bonds. The van der Waals surface area contributed by atoms with Gasteiger partial charge in [-0.15, -0.1) is 0 Å². The maximum absolute atomic E-state index is 12.5. The lowest BCUT2D eigenvalue weighted by atomic mass is 10.2. The summed E-state index contributed by atoms with van der Waals surface area (Å²) in [5, 5.41) is 6.34. The van der Waals surface area contributed by atoms with Crippen molar-refractivity contribution in [1.29, 1.82) is 0 Å². The summed E-state index contributed by atoms with van der Waals surface area (Å²) >= 11 is 0. The molecule has 2 aromatic carbocycles. The molecule has 0 saturated carbocycles. The number of aromatic nitrogens is 3. The number of pyridine rings is 1. The predicted octanol–water partition coefficient (Wildman–Crippen LogP) is 2.45. The fraction of sp³-hybridized carbons (Fsp3) is 0.136. The molecule has 0 aliphatic rings. The van der Waals surface area contributed by atoms with Crippen molar-refractivity contribution >= 4 is 53.9 Å². The molecule has 4 N–H and O–H groups in total. The van der Waals surface area contributed by atoms with E-state index in [9.17, 15) is 21.6 Å². The summed E-state index contributed by atoms with van der Waals surface area (Å²) in [4.78, 5) is 24.1. The minimum Gasteiger partial charge on any atom is -0.350 e. The monoisotopic (exact) mass is 514 g/mol. The molecule has 0 aliphatic carbocycles. The van der Waals surface area contributed by atoms with E-state index < -0.39 is 25.4 Å². The molecule has 2 aromatic heterocycles. The topological polar surface area (TPSA) is 163 Å². The number of fused-ring (bicyclic) bond motifs is 1. The number of benzene rings is 2. The van der Waals surface area contributed by atoms with E-state index in [0.717, 1.165) is 12.5 Å². The van der Waals surface area contributed by atoms with Crippen molar-refractivity contribution in [2.45, 2.75) is 11.4 Å². The van der Waals surface area contributed by atoms with Crippen LogP contribution < -0.4 is 20.9 Å². The van der Waals surface area contributed by atoms with Crippen molar-refractivity contribution in [3.05, 3.63) is 76.7 Å². The molecule has 2 heterocycles. The molecular weight excluding hydrogens is 492 g/mol. The van der Waals surface area contributed by atoms with E-state index in [-0.39, 0.29) is 28.6 Å². The summed E-state index contributed by atoms with van der Waals surface area (Å²) in [5.74, 6) is 0.418. The van der Waals surface area contributed by atoms with Gasteiger partial charge in [0.25, 0.3) is 5.56 Å². The Morgan fingerprint density at radius 3 is 2.31 bits per heavy atom. The van der Waals surface area contributed by atoms with Gasteiger partial charge in [0.15, 0.2) is 9.84 Å². The van der Waals surface area contributed by atoms with Crippen LogP contribution in [0.4, 0.5) is 23.1 Å². The minimum atomic E-state index is -3.46. The standard InChI is InChI=1S/C22H22N6O5S2/c1-34(30,31)16-9-7-15(8-10-16)25-20-19-18(11-12-23-21(19)29)26-22(27-20)24-13-14-5-3-4-6-17(14)28-35(2,32)33/h3-12,28H,13H2,1-2H3,(H,23,29)(H2,24,25,26,27). The molecule has 0 aliphatic heterocycles. The third kappa shape index (κ3) is 5.94. The second-order valence-electron chi connectivity index (χ2n) is 7.77. The van der Waals surface area contributed by atoms with E-state index in [1.807, 2.05) is 0 Å². The summed E-state index contributed by atoms with van der Waals surface area (Å²) in [6.45, 7) is 0.204. The molecular formula is C22H22N6O5S2. The summed E-state index contributed by atoms with van der Waals surface area (Å²) in [6, 6.07) is 14.6. The van der Waals surface area contributed by atoms with Gasteiger partial charge >= 0.3 is 0 Å². The predicted molar refractivity (Wildman–Crippen MR) is 135 cm³/mol. The van der Waals surface area contributed by atoms with Crippen LogP contribution in [0, 0.1) is 0 Å². The van der Waals surface area contributed by atoms with Gasteiger partial charge in [0, 0.05) is 24.7 Å². The van der Waals surface area contributed by atoms with E-state index in [2.05, 4.69) is 30.3 Å². The van der Waals surface area contributed by atoms with E-state index in [1.54, 1.807) is 42.5 Å². The highest BCUT2D eigenvalue weighted by Crippen LogP contribution is 2.24. The SMILES string of the molecule is CS(=O)(=O)Nc1ccccc1CNc1nc(Nc2ccc(S(C)(=O)=O)cc2)c2c(=O)[nH]ccc2n1. The largest absolute Gasteiger partial charge is 0.350 e. The van der Waals surface area contributed by atoms with Crippen LogP contribution in [0.25, 0.3) is 10.9 Å². The van der Waals surface area contributed by atoms with Gasteiger partial charge in [-0.25, -0.2) is 21.8 Å². The summed E-state index contributed by atoms with van der Waals surface area (Å²) in [6.07, 6.45) is 3.66. The molecule has 0 bridgehead atoms. The molecule has 0 spiro atoms. The zero-order valence-corrected chi connectivity index (χ0v) is 20.4. The third-order valence-corrected chi connectivity index (χ3v) is 6.63. The number of H-pyrrole nitrogens is 1. The van der Waals surface area contributed by atoms with Crippen molar-refractivity contribution in [3.63, 3.8) is 0 Å². The number of nitrogens with zero attached hydrogens (tertiary/aromatic N) is 2. The molecule has 4 rings (SSSR count). The smallest absolute Gasteiger partial charge is 0.261 e. The van der Waals surface area contributed by atoms with Gasteiger partial charge in [-0.3, -0.25) is 9.52 Å². The van der Waals surface area contributed by atoms with E-state index in [1.165, 1.54) is 18.3 Å². The van der Waals surface area contributed by atoms with Crippen LogP contribution in [-0.2, 0) is 26.4 Å². The number of sulfonamides is 1. The average molecular weight is 515 g/mol. The molecule has 0 saturated heterocycles. The van der Waals surface area contributed by atoms with Gasteiger partial charge in [0.2, 0.25) is 16.0 Å². The number of rotatable bonds is 8. The summed E-state index contributed by atoms with van der Waals surface area (Å²) in [5.41, 5.74) is 1.59. The van der Waals surface area contributed by atoms with Gasteiger partial charge in [0.05, 0.1) is 22.4 Å². The Labute approximate surface area is 201 Å². The molecule has 35 heavy (non-hydrogen) atoms. The van der Waals surface area contributed by atoms with Crippen molar-refractivity contribution in [3.8, 4) is 0 Å². The maximum Gasteiger partial charge on any atom is 0.261 e. The quantitative estimate of drug-likeness (QED) is 0.276. The van der Waals surface area contributed by atoms with E-state index in [4.69, 9.17) is 0 Å². The number of sulfone groups is 1. The van der Waals surface area contributed by atoms with Crippen molar-refractivity contribution in [2.24, 2.45) is 0 Å². The van der Waals surface area contributed by atoms with Gasteiger partial charge in [-0.1, -0.05) is 18.2 Å². The minimum absolute atomic E-state index is 0.164. The maximum atomic E-state index is 12.5. The van der Waals surface area contributed by atoms with Gasteiger partial charge in [0.1, 0.15) is 11.2 Å². The number of anilines is 4. The fourth-order valence-electron chi connectivity index (χ4n) is 3.33. The van der Waals surface area contributed by atoms with Crippen LogP contribution in [0.1, 0.15) is 5.56 Å². The first-order valence-electron chi connectivity index (χ1n) is 10.3. The van der Waals surface area contributed by atoms with Crippen LogP contribution in [-0.4, -0.2) is 44.3 Å². The van der Waals surface area contributed by atoms with E-state index >= 15 is 0 Å². The molecule has 4 aromatic rings. The Kier molecular flexibility index (Phi) is 6.45. The normalized spacial score (nSPS) is 11.8. The highest BCUT2D eigenvalue weighted by Gasteiger charge is 2.14. The number of para-hydroxylation sites is 1. The summed E-state index contributed by atoms with van der Waals surface area (Å²) < 4.78 is 49.3. The Morgan fingerprint density at radius 2 is 1.63 bits per heavy atom. The van der Waals surface area contributed by atoms with Gasteiger partial charge in [-0.2, -0.15) is 4.98 Å². The first-order valence-corrected chi connectivity index (χ1v) is 14.0. The Balaban J connectivity index is 1.67. The fourth-order valence-corrected chi connectivity index (χ4v) is 4.56. The zero-order chi connectivity index (χ0) is 25.2. The molecule has 0 fully saturated rings. The molecule has 0 atom stereocenters. The lowest BCUT2D eigenvalue weighted by molar-refractivity contribution is 0.601. The van der Waals surface area contributed by atoms with Gasteiger partial charge in [-0.05, 0) is 42.0 Å². The van der Waals surface area contributed by atoms with Crippen molar-refractivity contribution in [1.82, 2.24) is 15.0 Å². The first kappa shape index (κ1) is 24.2. The van der Waals surface area contributed by atoms with E-state index in [0.29, 0.717) is 22.5 Å². The zero-order valence-electron chi connectivity index (χ0n) is 18.7. The molecule has 182 valence electrons. The third-order valence-electron chi connectivity index (χ3n) is 4.91. The summed E-state index contributed by atoms with van der Waals surface area (Å²) in [7, 11) is -6.82. The highest BCUT2D eigenvalue weighted by molar-refractivity contribution is 7.92. The number of hydrogen-bond donors (Lipinski definition) is 4. The molecule has 0 radical (unpaired) electrons. The van der Waals surface area contributed by atoms with Crippen LogP contribution in [0.15, 0.2) is 70.5 Å². The first-order chi connectivity index (χ1) is 16.5. The van der Waals surface area contributed by atoms with Crippen LogP contribution in [0.5, 0.6) is 0 Å². The van der Waals surface area contributed by atoms with Crippen LogP contribution in [0.3, 0.4) is 0 Å². The number of aromatic amines is 1. The number of hydrogen-bond acceptors (Lipinski definition) is 9. The van der Waals surface area contributed by atoms with Crippen LogP contribution in [0.2, 0.25) is 0 Å². The average Bonchev–Trinajstić information content (AvgIpc) is 2.77. The van der Waals surface area contributed by atoms with Crippen molar-refractivity contribution < 1.29 is 16.8 Å². The lowest BCUT2D eigenvalue weighted by Gasteiger charge is -2.13. The van der Waals surface area contributed by atoms with Gasteiger partial charge < -0.3 is 15.6 Å². The molecule has 11 nitrogen and oxygen atoms in total. The Morgan fingerprint density at radius 1 is 0.914 bits per heavy atom.